The Hall–Kier alpha value is -2.37. The maximum Gasteiger partial charge on any atom is 0.335 e. The number of ether oxygens (including phenoxy) is 2. The van der Waals surface area contributed by atoms with Crippen molar-refractivity contribution in [3.05, 3.63) is 36.5 Å². The number of carbonyl (C=O) groups excluding carboxylic acids is 2. The van der Waals surface area contributed by atoms with E-state index in [4.69, 9.17) is 9.84 Å². The number of aliphatic carboxylic acids is 1. The van der Waals surface area contributed by atoms with E-state index in [1.54, 1.807) is 0 Å². The smallest absolute Gasteiger partial charge is 0.335 e. The van der Waals surface area contributed by atoms with E-state index in [1.165, 1.54) is 18.2 Å². The highest BCUT2D eigenvalue weighted by Crippen LogP contribution is 2.17. The molecule has 1 rings (SSSR count). The first-order valence-corrected chi connectivity index (χ1v) is 5.62. The zero-order valence-corrected chi connectivity index (χ0v) is 10.2. The molecule has 0 aliphatic heterocycles. The number of carboxylic acids is 1. The predicted octanol–water partition coefficient (Wildman–Crippen LogP) is 0.846. The summed E-state index contributed by atoms with van der Waals surface area (Å²) in [5.41, 5.74) is 0.156. The second-order valence-electron chi connectivity index (χ2n) is 3.71. The van der Waals surface area contributed by atoms with Crippen LogP contribution in [0.5, 0.6) is 0 Å². The highest BCUT2D eigenvalue weighted by atomic mass is 16.6. The van der Waals surface area contributed by atoms with Crippen molar-refractivity contribution < 1.29 is 29.0 Å². The van der Waals surface area contributed by atoms with Gasteiger partial charge >= 0.3 is 17.9 Å². The number of hydrogen-bond donors (Lipinski definition) is 1. The summed E-state index contributed by atoms with van der Waals surface area (Å²) in [6, 6.07) is 0. The lowest BCUT2D eigenvalue weighted by molar-refractivity contribution is -0.152. The molecule has 1 N–H and O–H groups in total. The summed E-state index contributed by atoms with van der Waals surface area (Å²) >= 11 is 0. The van der Waals surface area contributed by atoms with Gasteiger partial charge in [-0.15, -0.1) is 0 Å². The minimum Gasteiger partial charge on any atom is -0.478 e. The number of allylic oxidation sites excluding steroid dienone is 1. The zero-order valence-electron chi connectivity index (χ0n) is 10.2. The molecule has 0 aromatic carbocycles. The van der Waals surface area contributed by atoms with Crippen LogP contribution in [-0.4, -0.2) is 36.2 Å². The summed E-state index contributed by atoms with van der Waals surface area (Å²) in [7, 11) is 0. The Labute approximate surface area is 110 Å². The molecule has 0 aromatic heterocycles. The quantitative estimate of drug-likeness (QED) is 0.435. The Morgan fingerprint density at radius 1 is 1.37 bits per heavy atom. The maximum absolute atomic E-state index is 11.6. The van der Waals surface area contributed by atoms with Crippen LogP contribution in [0.4, 0.5) is 0 Å². The van der Waals surface area contributed by atoms with Crippen molar-refractivity contribution in [3.63, 3.8) is 0 Å². The third kappa shape index (κ3) is 4.79. The van der Waals surface area contributed by atoms with E-state index >= 15 is 0 Å². The van der Waals surface area contributed by atoms with Gasteiger partial charge in [0.05, 0.1) is 11.5 Å². The molecule has 1 aliphatic carbocycles. The van der Waals surface area contributed by atoms with Crippen LogP contribution in [0.2, 0.25) is 0 Å². The lowest BCUT2D eigenvalue weighted by Crippen LogP contribution is -2.20. The average Bonchev–Trinajstić information content (AvgIpc) is 2.43. The molecule has 1 unspecified atom stereocenters. The van der Waals surface area contributed by atoms with Crippen molar-refractivity contribution >= 4 is 17.9 Å². The lowest BCUT2D eigenvalue weighted by atomic mass is 9.97. The van der Waals surface area contributed by atoms with Crippen molar-refractivity contribution in [2.75, 3.05) is 13.2 Å². The first kappa shape index (κ1) is 14.7. The number of carbonyl (C=O) groups is 3. The second-order valence-corrected chi connectivity index (χ2v) is 3.71. The summed E-state index contributed by atoms with van der Waals surface area (Å²) in [6.07, 6.45) is 5.62. The number of carboxylic acid groups (broad SMARTS) is 1. The van der Waals surface area contributed by atoms with Gasteiger partial charge in [0.15, 0.2) is 0 Å². The molecule has 1 atom stereocenters. The van der Waals surface area contributed by atoms with Gasteiger partial charge < -0.3 is 14.6 Å². The third-order valence-electron chi connectivity index (χ3n) is 2.39. The number of esters is 2. The molecule has 0 saturated carbocycles. The fraction of sp³-hybridized carbons (Fsp3) is 0.308. The van der Waals surface area contributed by atoms with E-state index in [0.717, 1.165) is 6.08 Å². The Morgan fingerprint density at radius 3 is 2.58 bits per heavy atom. The predicted molar refractivity (Wildman–Crippen MR) is 65.1 cm³/mol. The Kier molecular flexibility index (Phi) is 5.53. The number of hydrogen-bond acceptors (Lipinski definition) is 5. The molecule has 0 saturated heterocycles. The van der Waals surface area contributed by atoms with Crippen molar-refractivity contribution in [3.8, 4) is 0 Å². The summed E-state index contributed by atoms with van der Waals surface area (Å²) in [4.78, 5) is 32.9. The molecule has 0 spiro atoms. The van der Waals surface area contributed by atoms with Gasteiger partial charge in [-0.1, -0.05) is 24.8 Å². The Bertz CT molecular complexity index is 446. The van der Waals surface area contributed by atoms with E-state index in [2.05, 4.69) is 11.3 Å². The van der Waals surface area contributed by atoms with Crippen LogP contribution in [0.15, 0.2) is 36.5 Å². The van der Waals surface area contributed by atoms with Gasteiger partial charge in [0.1, 0.15) is 13.2 Å². The van der Waals surface area contributed by atoms with E-state index in [9.17, 15) is 14.4 Å². The van der Waals surface area contributed by atoms with E-state index in [-0.39, 0.29) is 25.2 Å². The molecular formula is C13H14O6. The van der Waals surface area contributed by atoms with Crippen LogP contribution in [0.1, 0.15) is 6.42 Å². The van der Waals surface area contributed by atoms with Gasteiger partial charge in [0.25, 0.3) is 0 Å². The van der Waals surface area contributed by atoms with E-state index < -0.39 is 23.8 Å². The van der Waals surface area contributed by atoms with Crippen LogP contribution in [-0.2, 0) is 23.9 Å². The molecule has 1 aliphatic rings. The maximum atomic E-state index is 11.6. The topological polar surface area (TPSA) is 89.9 Å². The van der Waals surface area contributed by atoms with Gasteiger partial charge in [-0.2, -0.15) is 0 Å². The van der Waals surface area contributed by atoms with Gasteiger partial charge in [0, 0.05) is 6.08 Å². The summed E-state index contributed by atoms with van der Waals surface area (Å²) in [5.74, 6) is -2.59. The molecule has 0 aromatic rings. The lowest BCUT2D eigenvalue weighted by Gasteiger charge is -2.13. The SMILES string of the molecule is C=CC(=O)OCCOC(=O)C1C=CC(C(=O)O)=CC1. The van der Waals surface area contributed by atoms with Crippen LogP contribution in [0.25, 0.3) is 0 Å². The minimum atomic E-state index is -1.03. The van der Waals surface area contributed by atoms with Crippen molar-refractivity contribution in [1.29, 1.82) is 0 Å². The second kappa shape index (κ2) is 7.15. The molecule has 0 bridgehead atoms. The van der Waals surface area contributed by atoms with Crippen LogP contribution < -0.4 is 0 Å². The first-order valence-electron chi connectivity index (χ1n) is 5.62. The highest BCUT2D eigenvalue weighted by molar-refractivity contribution is 5.91. The molecule has 6 heteroatoms. The van der Waals surface area contributed by atoms with Crippen LogP contribution >= 0.6 is 0 Å². The Morgan fingerprint density at radius 2 is 2.05 bits per heavy atom. The standard InChI is InChI=1S/C13H14O6/c1-2-11(14)18-7-8-19-13(17)10-5-3-9(4-6-10)12(15)16/h2-5,10H,1,6-8H2,(H,15,16). The molecule has 19 heavy (non-hydrogen) atoms. The fourth-order valence-corrected chi connectivity index (χ4v) is 1.40. The molecule has 6 nitrogen and oxygen atoms in total. The van der Waals surface area contributed by atoms with Crippen LogP contribution in [0.3, 0.4) is 0 Å². The molecule has 0 radical (unpaired) electrons. The third-order valence-corrected chi connectivity index (χ3v) is 2.39. The van der Waals surface area contributed by atoms with Gasteiger partial charge in [-0.25, -0.2) is 9.59 Å². The molecule has 0 fully saturated rings. The monoisotopic (exact) mass is 266 g/mol. The first-order chi connectivity index (χ1) is 9.04. The van der Waals surface area contributed by atoms with Crippen molar-refractivity contribution in [2.24, 2.45) is 5.92 Å². The van der Waals surface area contributed by atoms with Crippen LogP contribution in [0, 0.1) is 5.92 Å². The highest BCUT2D eigenvalue weighted by Gasteiger charge is 2.20. The van der Waals surface area contributed by atoms with Gasteiger partial charge in [-0.3, -0.25) is 4.79 Å². The minimum absolute atomic E-state index is 0.0384. The summed E-state index contributed by atoms with van der Waals surface area (Å²) < 4.78 is 9.53. The molecule has 0 amide bonds. The van der Waals surface area contributed by atoms with E-state index in [0.29, 0.717) is 0 Å². The fourth-order valence-electron chi connectivity index (χ4n) is 1.40. The summed E-state index contributed by atoms with van der Waals surface area (Å²) in [5, 5.41) is 8.72. The number of rotatable bonds is 6. The van der Waals surface area contributed by atoms with E-state index in [1.807, 2.05) is 0 Å². The average molecular weight is 266 g/mol. The normalized spacial score (nSPS) is 17.3. The zero-order chi connectivity index (χ0) is 14.3. The van der Waals surface area contributed by atoms with Gasteiger partial charge in [-0.05, 0) is 6.42 Å². The molecule has 0 heterocycles. The molecule has 102 valence electrons. The Balaban J connectivity index is 2.29. The van der Waals surface area contributed by atoms with Crippen molar-refractivity contribution in [1.82, 2.24) is 0 Å². The van der Waals surface area contributed by atoms with Crippen molar-refractivity contribution in [2.45, 2.75) is 6.42 Å². The molecular weight excluding hydrogens is 252 g/mol. The summed E-state index contributed by atoms with van der Waals surface area (Å²) in [6.45, 7) is 3.14. The van der Waals surface area contributed by atoms with Gasteiger partial charge in [0.2, 0.25) is 0 Å². The largest absolute Gasteiger partial charge is 0.478 e.